The first kappa shape index (κ1) is 15.8. The molecule has 1 aromatic rings. The molecule has 1 atom stereocenters. The number of benzene rings is 1. The average molecular weight is 290 g/mol. The molecular weight excluding hydrogens is 264 g/mol. The Morgan fingerprint density at radius 2 is 2.05 bits per heavy atom. The zero-order valence-corrected chi connectivity index (χ0v) is 13.3. The number of aryl methyl sites for hydroxylation is 1. The zero-order chi connectivity index (χ0) is 15.3. The van der Waals surface area contributed by atoms with Gasteiger partial charge in [0.25, 0.3) is 0 Å². The van der Waals surface area contributed by atoms with Gasteiger partial charge < -0.3 is 15.0 Å². The second kappa shape index (κ2) is 6.94. The van der Waals surface area contributed by atoms with E-state index in [-0.39, 0.29) is 17.7 Å². The molecule has 1 aromatic carbocycles. The van der Waals surface area contributed by atoms with Gasteiger partial charge in [-0.05, 0) is 39.2 Å². The van der Waals surface area contributed by atoms with Crippen LogP contribution in [0.25, 0.3) is 0 Å². The number of carbonyl (C=O) groups excluding carboxylic acids is 1. The maximum absolute atomic E-state index is 12.2. The van der Waals surface area contributed by atoms with Crippen molar-refractivity contribution in [1.82, 2.24) is 10.2 Å². The van der Waals surface area contributed by atoms with Crippen LogP contribution in [0.1, 0.15) is 32.8 Å². The fraction of sp³-hybridized carbons (Fsp3) is 0.588. The molecular formula is C17H26N2O2. The fourth-order valence-corrected chi connectivity index (χ4v) is 2.45. The van der Waals surface area contributed by atoms with Gasteiger partial charge in [0, 0.05) is 18.6 Å². The van der Waals surface area contributed by atoms with Crippen LogP contribution in [0.3, 0.4) is 0 Å². The van der Waals surface area contributed by atoms with E-state index in [1.54, 1.807) is 0 Å². The number of morpholine rings is 1. The summed E-state index contributed by atoms with van der Waals surface area (Å²) in [6, 6.07) is 10.4. The van der Waals surface area contributed by atoms with Gasteiger partial charge in [-0.1, -0.05) is 30.3 Å². The Balaban J connectivity index is 1.82. The number of ether oxygens (including phenoxy) is 1. The Kier molecular flexibility index (Phi) is 5.23. The molecule has 2 amide bonds. The quantitative estimate of drug-likeness (QED) is 0.930. The van der Waals surface area contributed by atoms with E-state index in [2.05, 4.69) is 29.6 Å². The molecule has 0 aliphatic carbocycles. The number of rotatable bonds is 3. The minimum atomic E-state index is -0.199. The first-order valence-electron chi connectivity index (χ1n) is 7.67. The average Bonchev–Trinajstić information content (AvgIpc) is 2.45. The predicted octanol–water partition coefficient (Wildman–Crippen LogP) is 2.83. The number of carbonyl (C=O) groups is 1. The molecule has 0 saturated carbocycles. The summed E-state index contributed by atoms with van der Waals surface area (Å²) in [7, 11) is 0. The standard InChI is InChI=1S/C17H26N2O2/c1-17(2,3)18-16(20)19-11-12-21-15(13-19)10-9-14-7-5-4-6-8-14/h4-8,15H,9-13H2,1-3H3,(H,18,20). The van der Waals surface area contributed by atoms with Crippen molar-refractivity contribution in [3.63, 3.8) is 0 Å². The monoisotopic (exact) mass is 290 g/mol. The maximum atomic E-state index is 12.2. The van der Waals surface area contributed by atoms with Gasteiger partial charge in [0.05, 0.1) is 12.7 Å². The highest BCUT2D eigenvalue weighted by molar-refractivity contribution is 5.75. The normalized spacial score (nSPS) is 19.4. The van der Waals surface area contributed by atoms with Crippen LogP contribution in [0, 0.1) is 0 Å². The third-order valence-corrected chi connectivity index (χ3v) is 3.51. The van der Waals surface area contributed by atoms with E-state index in [0.29, 0.717) is 19.7 Å². The fourth-order valence-electron chi connectivity index (χ4n) is 2.45. The van der Waals surface area contributed by atoms with Crippen LogP contribution in [0.15, 0.2) is 30.3 Å². The maximum Gasteiger partial charge on any atom is 0.317 e. The number of hydrogen-bond donors (Lipinski definition) is 1. The molecule has 0 aromatic heterocycles. The Morgan fingerprint density at radius 1 is 1.33 bits per heavy atom. The molecule has 4 heteroatoms. The SMILES string of the molecule is CC(C)(C)NC(=O)N1CCOC(CCc2ccccc2)C1. The lowest BCUT2D eigenvalue weighted by Crippen LogP contribution is -2.53. The number of nitrogens with one attached hydrogen (secondary N) is 1. The van der Waals surface area contributed by atoms with Gasteiger partial charge in [-0.25, -0.2) is 4.79 Å². The molecule has 1 saturated heterocycles. The Morgan fingerprint density at radius 3 is 2.71 bits per heavy atom. The van der Waals surface area contributed by atoms with Gasteiger partial charge in [-0.2, -0.15) is 0 Å². The highest BCUT2D eigenvalue weighted by Gasteiger charge is 2.26. The van der Waals surface area contributed by atoms with Crippen LogP contribution in [0.4, 0.5) is 4.79 Å². The van der Waals surface area contributed by atoms with E-state index in [0.717, 1.165) is 12.8 Å². The van der Waals surface area contributed by atoms with Crippen LogP contribution in [0.2, 0.25) is 0 Å². The first-order chi connectivity index (χ1) is 9.94. The highest BCUT2D eigenvalue weighted by atomic mass is 16.5. The Bertz CT molecular complexity index is 454. The number of hydrogen-bond acceptors (Lipinski definition) is 2. The van der Waals surface area contributed by atoms with Gasteiger partial charge in [0.2, 0.25) is 0 Å². The van der Waals surface area contributed by atoms with Crippen LogP contribution in [-0.2, 0) is 11.2 Å². The predicted molar refractivity (Wildman–Crippen MR) is 84.4 cm³/mol. The lowest BCUT2D eigenvalue weighted by Gasteiger charge is -2.35. The number of nitrogens with zero attached hydrogens (tertiary/aromatic N) is 1. The van der Waals surface area contributed by atoms with Gasteiger partial charge >= 0.3 is 6.03 Å². The molecule has 4 nitrogen and oxygen atoms in total. The lowest BCUT2D eigenvalue weighted by atomic mass is 10.1. The van der Waals surface area contributed by atoms with Crippen molar-refractivity contribution in [3.8, 4) is 0 Å². The Labute approximate surface area is 127 Å². The molecule has 0 bridgehead atoms. The van der Waals surface area contributed by atoms with E-state index in [1.807, 2.05) is 31.7 Å². The first-order valence-corrected chi connectivity index (χ1v) is 7.67. The molecule has 2 rings (SSSR count). The largest absolute Gasteiger partial charge is 0.375 e. The van der Waals surface area contributed by atoms with Crippen LogP contribution >= 0.6 is 0 Å². The van der Waals surface area contributed by atoms with Gasteiger partial charge in [0.1, 0.15) is 0 Å². The van der Waals surface area contributed by atoms with Gasteiger partial charge in [-0.3, -0.25) is 0 Å². The second-order valence-corrected chi connectivity index (χ2v) is 6.64. The highest BCUT2D eigenvalue weighted by Crippen LogP contribution is 2.13. The van der Waals surface area contributed by atoms with Crippen molar-refractivity contribution in [2.75, 3.05) is 19.7 Å². The van der Waals surface area contributed by atoms with Crippen molar-refractivity contribution in [2.24, 2.45) is 0 Å². The van der Waals surface area contributed by atoms with Gasteiger partial charge in [-0.15, -0.1) is 0 Å². The number of urea groups is 1. The molecule has 1 fully saturated rings. The van der Waals surface area contributed by atoms with Crippen LogP contribution in [0.5, 0.6) is 0 Å². The zero-order valence-electron chi connectivity index (χ0n) is 13.3. The second-order valence-electron chi connectivity index (χ2n) is 6.64. The van der Waals surface area contributed by atoms with Crippen molar-refractivity contribution in [2.45, 2.75) is 45.3 Å². The van der Waals surface area contributed by atoms with Crippen LogP contribution < -0.4 is 5.32 Å². The summed E-state index contributed by atoms with van der Waals surface area (Å²) in [6.07, 6.45) is 2.06. The minimum Gasteiger partial charge on any atom is -0.375 e. The molecule has 1 unspecified atom stereocenters. The molecule has 21 heavy (non-hydrogen) atoms. The summed E-state index contributed by atoms with van der Waals surface area (Å²) in [4.78, 5) is 14.1. The van der Waals surface area contributed by atoms with E-state index in [1.165, 1.54) is 5.56 Å². The molecule has 1 heterocycles. The number of amides is 2. The Hall–Kier alpha value is -1.55. The van der Waals surface area contributed by atoms with E-state index in [4.69, 9.17) is 4.74 Å². The smallest absolute Gasteiger partial charge is 0.317 e. The summed E-state index contributed by atoms with van der Waals surface area (Å²) in [6.45, 7) is 7.96. The van der Waals surface area contributed by atoms with Crippen molar-refractivity contribution < 1.29 is 9.53 Å². The van der Waals surface area contributed by atoms with E-state index < -0.39 is 0 Å². The van der Waals surface area contributed by atoms with Crippen molar-refractivity contribution >= 4 is 6.03 Å². The summed E-state index contributed by atoms with van der Waals surface area (Å²) in [5.41, 5.74) is 1.12. The summed E-state index contributed by atoms with van der Waals surface area (Å²) < 4.78 is 5.79. The third-order valence-electron chi connectivity index (χ3n) is 3.51. The van der Waals surface area contributed by atoms with E-state index >= 15 is 0 Å². The topological polar surface area (TPSA) is 41.6 Å². The minimum absolute atomic E-state index is 0.00973. The van der Waals surface area contributed by atoms with Crippen LogP contribution in [-0.4, -0.2) is 42.3 Å². The molecule has 1 N–H and O–H groups in total. The summed E-state index contributed by atoms with van der Waals surface area (Å²) in [5, 5.41) is 3.01. The summed E-state index contributed by atoms with van der Waals surface area (Å²) in [5.74, 6) is 0. The lowest BCUT2D eigenvalue weighted by molar-refractivity contribution is -0.0183. The van der Waals surface area contributed by atoms with Crippen molar-refractivity contribution in [1.29, 1.82) is 0 Å². The van der Waals surface area contributed by atoms with Crippen molar-refractivity contribution in [3.05, 3.63) is 35.9 Å². The third kappa shape index (κ3) is 5.38. The molecule has 116 valence electrons. The van der Waals surface area contributed by atoms with E-state index in [9.17, 15) is 4.79 Å². The van der Waals surface area contributed by atoms with Gasteiger partial charge in [0.15, 0.2) is 0 Å². The molecule has 0 radical (unpaired) electrons. The molecule has 1 aliphatic rings. The summed E-state index contributed by atoms with van der Waals surface area (Å²) >= 11 is 0. The molecule has 1 aliphatic heterocycles. The molecule has 0 spiro atoms.